The minimum atomic E-state index is -0.973. The second kappa shape index (κ2) is 9.08. The fraction of sp³-hybridized carbons (Fsp3) is 0.526. The largest absolute Gasteiger partial charge is 0.490 e. The predicted molar refractivity (Wildman–Crippen MR) is 101 cm³/mol. The van der Waals surface area contributed by atoms with Gasteiger partial charge in [0, 0.05) is 5.02 Å². The number of urea groups is 1. The fourth-order valence-corrected chi connectivity index (χ4v) is 2.78. The van der Waals surface area contributed by atoms with Crippen LogP contribution in [0, 0.1) is 5.92 Å². The van der Waals surface area contributed by atoms with Gasteiger partial charge < -0.3 is 14.8 Å². The van der Waals surface area contributed by atoms with Crippen LogP contribution in [0.2, 0.25) is 5.02 Å². The molecular formula is C19H25ClN2O5. The van der Waals surface area contributed by atoms with Gasteiger partial charge in [0.25, 0.3) is 5.91 Å². The number of nitrogens with one attached hydrogen (secondary N) is 1. The molecule has 1 N–H and O–H groups in total. The van der Waals surface area contributed by atoms with E-state index in [-0.39, 0.29) is 13.2 Å². The van der Waals surface area contributed by atoms with Gasteiger partial charge >= 0.3 is 12.0 Å². The van der Waals surface area contributed by atoms with Gasteiger partial charge in [0.15, 0.2) is 0 Å². The third-order valence-corrected chi connectivity index (χ3v) is 4.53. The predicted octanol–water partition coefficient (Wildman–Crippen LogP) is 3.01. The van der Waals surface area contributed by atoms with Crippen LogP contribution < -0.4 is 10.1 Å². The number of carbonyl (C=O) groups is 3. The maximum atomic E-state index is 12.5. The van der Waals surface area contributed by atoms with E-state index in [2.05, 4.69) is 5.32 Å². The number of hydrogen-bond acceptors (Lipinski definition) is 5. The van der Waals surface area contributed by atoms with E-state index in [1.807, 2.05) is 13.8 Å². The lowest BCUT2D eigenvalue weighted by molar-refractivity contribution is -0.148. The van der Waals surface area contributed by atoms with Crippen molar-refractivity contribution in [3.8, 4) is 5.75 Å². The van der Waals surface area contributed by atoms with Crippen LogP contribution in [0.25, 0.3) is 0 Å². The molecule has 1 saturated heterocycles. The quantitative estimate of drug-likeness (QED) is 0.394. The molecule has 27 heavy (non-hydrogen) atoms. The summed E-state index contributed by atoms with van der Waals surface area (Å²) < 4.78 is 10.5. The summed E-state index contributed by atoms with van der Waals surface area (Å²) in [5.41, 5.74) is -0.973. The van der Waals surface area contributed by atoms with Gasteiger partial charge in [-0.15, -0.1) is 0 Å². The minimum absolute atomic E-state index is 0.00965. The Morgan fingerprint density at radius 1 is 1.22 bits per heavy atom. The number of rotatable bonds is 9. The normalized spacial score (nSPS) is 19.4. The monoisotopic (exact) mass is 396 g/mol. The number of halogens is 1. The summed E-state index contributed by atoms with van der Waals surface area (Å²) in [6.07, 6.45) is 1.32. The minimum Gasteiger partial charge on any atom is -0.490 e. The summed E-state index contributed by atoms with van der Waals surface area (Å²) in [6.45, 7) is 5.52. The average Bonchev–Trinajstić information content (AvgIpc) is 2.82. The first-order valence-electron chi connectivity index (χ1n) is 8.89. The molecule has 1 aliphatic heterocycles. The zero-order valence-corrected chi connectivity index (χ0v) is 16.5. The van der Waals surface area contributed by atoms with Crippen LogP contribution in [0.3, 0.4) is 0 Å². The van der Waals surface area contributed by atoms with Crippen molar-refractivity contribution in [1.29, 1.82) is 0 Å². The molecule has 7 nitrogen and oxygen atoms in total. The zero-order chi connectivity index (χ0) is 20.0. The van der Waals surface area contributed by atoms with Gasteiger partial charge in [-0.2, -0.15) is 0 Å². The molecule has 0 aliphatic carbocycles. The lowest BCUT2D eigenvalue weighted by Gasteiger charge is -2.22. The molecule has 0 saturated carbocycles. The first-order chi connectivity index (χ1) is 12.7. The number of ether oxygens (including phenoxy) is 2. The Kier molecular flexibility index (Phi) is 7.07. The van der Waals surface area contributed by atoms with Gasteiger partial charge in [0.2, 0.25) is 0 Å². The van der Waals surface area contributed by atoms with Crippen molar-refractivity contribution < 1.29 is 23.9 Å². The van der Waals surface area contributed by atoms with E-state index in [1.165, 1.54) is 0 Å². The molecule has 2 rings (SSSR count). The number of imide groups is 1. The average molecular weight is 397 g/mol. The van der Waals surface area contributed by atoms with Gasteiger partial charge in [0.05, 0.1) is 0 Å². The molecule has 0 spiro atoms. The second-order valence-electron chi connectivity index (χ2n) is 7.11. The van der Waals surface area contributed by atoms with Crippen molar-refractivity contribution in [2.75, 3.05) is 19.8 Å². The Balaban J connectivity index is 1.76. The first-order valence-corrected chi connectivity index (χ1v) is 9.27. The van der Waals surface area contributed by atoms with E-state index in [0.29, 0.717) is 23.1 Å². The van der Waals surface area contributed by atoms with Crippen LogP contribution >= 0.6 is 11.6 Å². The molecule has 1 aromatic carbocycles. The SMILES string of the molecule is CC(C)CC[C@@]1(C)NC(=O)N(CC(=O)OCCOc2ccc(Cl)cc2)C1=O. The number of hydrogen-bond donors (Lipinski definition) is 1. The molecule has 3 amide bonds. The highest BCUT2D eigenvalue weighted by Crippen LogP contribution is 2.24. The van der Waals surface area contributed by atoms with E-state index in [0.717, 1.165) is 11.3 Å². The highest BCUT2D eigenvalue weighted by Gasteiger charge is 2.48. The van der Waals surface area contributed by atoms with Crippen LogP contribution in [0.5, 0.6) is 5.75 Å². The molecule has 1 atom stereocenters. The lowest BCUT2D eigenvalue weighted by atomic mass is 9.92. The third kappa shape index (κ3) is 5.85. The third-order valence-electron chi connectivity index (χ3n) is 4.28. The standard InChI is InChI=1S/C19H25ClN2O5/c1-13(2)8-9-19(3)17(24)22(18(25)21-19)12-16(23)27-11-10-26-15-6-4-14(20)5-7-15/h4-7,13H,8-12H2,1-3H3,(H,21,25)/t19-/m1/s1. The van der Waals surface area contributed by atoms with E-state index in [9.17, 15) is 14.4 Å². The summed E-state index contributed by atoms with van der Waals surface area (Å²) in [4.78, 5) is 37.5. The summed E-state index contributed by atoms with van der Waals surface area (Å²) in [5, 5.41) is 3.28. The molecular weight excluding hydrogens is 372 g/mol. The zero-order valence-electron chi connectivity index (χ0n) is 15.8. The highest BCUT2D eigenvalue weighted by atomic mass is 35.5. The molecule has 0 bridgehead atoms. The summed E-state index contributed by atoms with van der Waals surface area (Å²) >= 11 is 5.78. The van der Waals surface area contributed by atoms with E-state index >= 15 is 0 Å². The van der Waals surface area contributed by atoms with E-state index in [1.54, 1.807) is 31.2 Å². The fourth-order valence-electron chi connectivity index (χ4n) is 2.66. The second-order valence-corrected chi connectivity index (χ2v) is 7.55. The van der Waals surface area contributed by atoms with Crippen molar-refractivity contribution in [3.05, 3.63) is 29.3 Å². The van der Waals surface area contributed by atoms with Gasteiger partial charge in [-0.05, 0) is 49.9 Å². The molecule has 8 heteroatoms. The maximum Gasteiger partial charge on any atom is 0.326 e. The van der Waals surface area contributed by atoms with Gasteiger partial charge in [-0.3, -0.25) is 14.5 Å². The van der Waals surface area contributed by atoms with Crippen molar-refractivity contribution in [2.24, 2.45) is 5.92 Å². The molecule has 1 aliphatic rings. The topological polar surface area (TPSA) is 84.9 Å². The Bertz CT molecular complexity index is 692. The molecule has 1 fully saturated rings. The van der Waals surface area contributed by atoms with Gasteiger partial charge in [0.1, 0.15) is 31.0 Å². The van der Waals surface area contributed by atoms with Crippen molar-refractivity contribution in [1.82, 2.24) is 10.2 Å². The molecule has 0 unspecified atom stereocenters. The molecule has 1 aromatic rings. The van der Waals surface area contributed by atoms with Crippen molar-refractivity contribution >= 4 is 29.5 Å². The molecule has 0 aromatic heterocycles. The van der Waals surface area contributed by atoms with Crippen LogP contribution in [-0.4, -0.2) is 48.1 Å². The van der Waals surface area contributed by atoms with Crippen LogP contribution in [-0.2, 0) is 14.3 Å². The number of carbonyl (C=O) groups excluding carboxylic acids is 3. The smallest absolute Gasteiger partial charge is 0.326 e. The van der Waals surface area contributed by atoms with Gasteiger partial charge in [-0.25, -0.2) is 4.79 Å². The van der Waals surface area contributed by atoms with Crippen molar-refractivity contribution in [3.63, 3.8) is 0 Å². The number of esters is 1. The van der Waals surface area contributed by atoms with Gasteiger partial charge in [-0.1, -0.05) is 25.4 Å². The summed E-state index contributed by atoms with van der Waals surface area (Å²) in [7, 11) is 0. The Labute approximate surface area is 163 Å². The Morgan fingerprint density at radius 3 is 2.52 bits per heavy atom. The number of nitrogens with zero attached hydrogens (tertiary/aromatic N) is 1. The molecule has 148 valence electrons. The van der Waals surface area contributed by atoms with E-state index < -0.39 is 30.0 Å². The lowest BCUT2D eigenvalue weighted by Crippen LogP contribution is -2.44. The summed E-state index contributed by atoms with van der Waals surface area (Å²) in [6, 6.07) is 6.22. The van der Waals surface area contributed by atoms with Crippen molar-refractivity contribution in [2.45, 2.75) is 39.2 Å². The molecule has 1 heterocycles. The first kappa shape index (κ1) is 21.0. The Hall–Kier alpha value is -2.28. The van der Waals surface area contributed by atoms with Crippen LogP contribution in [0.1, 0.15) is 33.6 Å². The highest BCUT2D eigenvalue weighted by molar-refractivity contribution is 6.30. The molecule has 0 radical (unpaired) electrons. The number of amides is 3. The maximum absolute atomic E-state index is 12.5. The number of benzene rings is 1. The Morgan fingerprint density at radius 2 is 1.89 bits per heavy atom. The van der Waals surface area contributed by atoms with Crippen LogP contribution in [0.15, 0.2) is 24.3 Å². The van der Waals surface area contributed by atoms with E-state index in [4.69, 9.17) is 21.1 Å². The summed E-state index contributed by atoms with van der Waals surface area (Å²) in [5.74, 6) is -0.0505. The van der Waals surface area contributed by atoms with Crippen LogP contribution in [0.4, 0.5) is 4.79 Å².